The summed E-state index contributed by atoms with van der Waals surface area (Å²) in [6.45, 7) is 8.91. The van der Waals surface area contributed by atoms with Gasteiger partial charge in [-0.25, -0.2) is 0 Å². The molecule has 9 rings (SSSR count). The van der Waals surface area contributed by atoms with E-state index in [4.69, 9.17) is 18.3 Å². The monoisotopic (exact) mass is 890 g/mol. The van der Waals surface area contributed by atoms with Gasteiger partial charge in [0.25, 0.3) is 0 Å². The molecule has 1 aliphatic carbocycles. The molecule has 8 nitrogen and oxygen atoms in total. The SMILES string of the molecule is CCCCCCCCC1(CCCCCCCC)c2cc(Oc3ccc(-c4nnc(-c5ccccc5)o4)cc3)c(C)cc2-c2cc(C)c(Oc3ccc(-c4nnc(-c5ccccc5)o4)cc3)cc21. The Balaban J connectivity index is 1.02. The third-order valence-corrected chi connectivity index (χ3v) is 13.4. The van der Waals surface area contributed by atoms with Crippen molar-refractivity contribution in [3.63, 3.8) is 0 Å². The summed E-state index contributed by atoms with van der Waals surface area (Å²) < 4.78 is 25.8. The minimum Gasteiger partial charge on any atom is -0.457 e. The Labute approximate surface area is 395 Å². The summed E-state index contributed by atoms with van der Waals surface area (Å²) in [6.07, 6.45) is 17.1. The van der Waals surface area contributed by atoms with E-state index in [9.17, 15) is 0 Å². The molecule has 342 valence electrons. The van der Waals surface area contributed by atoms with Gasteiger partial charge in [-0.1, -0.05) is 127 Å². The molecule has 0 amide bonds. The van der Waals surface area contributed by atoms with Gasteiger partial charge in [0.2, 0.25) is 23.6 Å². The molecule has 0 saturated carbocycles. The fourth-order valence-electron chi connectivity index (χ4n) is 9.72. The van der Waals surface area contributed by atoms with Gasteiger partial charge in [-0.05, 0) is 157 Å². The molecule has 0 bridgehead atoms. The highest BCUT2D eigenvalue weighted by atomic mass is 16.5. The van der Waals surface area contributed by atoms with E-state index in [1.54, 1.807) is 0 Å². The topological polar surface area (TPSA) is 96.3 Å². The van der Waals surface area contributed by atoms with Crippen LogP contribution in [0.4, 0.5) is 0 Å². The molecule has 0 unspecified atom stereocenters. The second-order valence-corrected chi connectivity index (χ2v) is 18.3. The number of hydrogen-bond donors (Lipinski definition) is 0. The van der Waals surface area contributed by atoms with Crippen molar-refractivity contribution in [3.8, 4) is 79.9 Å². The summed E-state index contributed by atoms with van der Waals surface area (Å²) in [5, 5.41) is 17.3. The molecule has 0 fully saturated rings. The molecule has 0 N–H and O–H groups in total. The summed E-state index contributed by atoms with van der Waals surface area (Å²) in [4.78, 5) is 0. The second-order valence-electron chi connectivity index (χ2n) is 18.3. The van der Waals surface area contributed by atoms with Crippen LogP contribution in [0.5, 0.6) is 23.0 Å². The number of hydrogen-bond acceptors (Lipinski definition) is 8. The molecule has 0 spiro atoms. The van der Waals surface area contributed by atoms with Crippen LogP contribution in [0.15, 0.2) is 142 Å². The van der Waals surface area contributed by atoms with Crippen LogP contribution in [-0.2, 0) is 5.41 Å². The van der Waals surface area contributed by atoms with Crippen molar-refractivity contribution in [1.82, 2.24) is 20.4 Å². The standard InChI is InChI=1S/C59H62N4O4/c1-5-7-9-11-13-21-35-59(36-22-14-12-10-8-6-2)51-39-53(64-47-31-27-45(28-32-47)57-62-60-55(66-57)43-23-17-15-18-24-43)41(3)37-49(51)50-38-42(4)54(40-52(50)59)65-48-33-29-46(30-34-48)58-63-61-56(67-58)44-25-19-16-20-26-44/h15-20,23-34,37-40H,5-14,21-22,35-36H2,1-4H3. The van der Waals surface area contributed by atoms with Crippen LogP contribution in [0, 0.1) is 13.8 Å². The van der Waals surface area contributed by atoms with Gasteiger partial charge in [0.1, 0.15) is 23.0 Å². The quantitative estimate of drug-likeness (QED) is 0.0621. The Kier molecular flexibility index (Phi) is 14.4. The van der Waals surface area contributed by atoms with Crippen molar-refractivity contribution in [3.05, 3.63) is 156 Å². The average molecular weight is 891 g/mol. The van der Waals surface area contributed by atoms with Gasteiger partial charge in [0.05, 0.1) is 0 Å². The maximum Gasteiger partial charge on any atom is 0.248 e. The second kappa shape index (κ2) is 21.2. The van der Waals surface area contributed by atoms with Crippen molar-refractivity contribution in [1.29, 1.82) is 0 Å². The van der Waals surface area contributed by atoms with E-state index >= 15 is 0 Å². The van der Waals surface area contributed by atoms with Crippen molar-refractivity contribution >= 4 is 0 Å². The first-order valence-corrected chi connectivity index (χ1v) is 24.6. The number of aryl methyl sites for hydroxylation is 2. The number of rotatable bonds is 22. The third kappa shape index (κ3) is 10.3. The first kappa shape index (κ1) is 45.4. The maximum absolute atomic E-state index is 6.82. The van der Waals surface area contributed by atoms with Gasteiger partial charge in [0.15, 0.2) is 0 Å². The normalized spacial score (nSPS) is 12.5. The van der Waals surface area contributed by atoms with E-state index in [0.717, 1.165) is 69.2 Å². The molecule has 2 heterocycles. The van der Waals surface area contributed by atoms with E-state index in [1.165, 1.54) is 99.3 Å². The van der Waals surface area contributed by atoms with E-state index in [-0.39, 0.29) is 5.41 Å². The molecule has 1 aliphatic rings. The summed E-state index contributed by atoms with van der Waals surface area (Å²) in [7, 11) is 0. The van der Waals surface area contributed by atoms with Crippen LogP contribution in [0.2, 0.25) is 0 Å². The van der Waals surface area contributed by atoms with Crippen LogP contribution in [0.3, 0.4) is 0 Å². The first-order valence-electron chi connectivity index (χ1n) is 24.6. The van der Waals surface area contributed by atoms with Gasteiger partial charge in [-0.3, -0.25) is 0 Å². The fraction of sp³-hybridized carbons (Fsp3) is 0.322. The lowest BCUT2D eigenvalue weighted by atomic mass is 9.70. The molecule has 2 aromatic heterocycles. The zero-order valence-corrected chi connectivity index (χ0v) is 39.5. The van der Waals surface area contributed by atoms with Gasteiger partial charge in [-0.2, -0.15) is 0 Å². The van der Waals surface area contributed by atoms with E-state index in [1.807, 2.05) is 109 Å². The minimum atomic E-state index is -0.186. The van der Waals surface area contributed by atoms with E-state index < -0.39 is 0 Å². The Morgan fingerprint density at radius 3 is 1.12 bits per heavy atom. The molecule has 0 aliphatic heterocycles. The molecule has 67 heavy (non-hydrogen) atoms. The Morgan fingerprint density at radius 2 is 0.746 bits per heavy atom. The van der Waals surface area contributed by atoms with Gasteiger partial charge >= 0.3 is 0 Å². The van der Waals surface area contributed by atoms with Gasteiger partial charge in [0, 0.05) is 27.7 Å². The van der Waals surface area contributed by atoms with Crippen LogP contribution in [-0.4, -0.2) is 20.4 Å². The van der Waals surface area contributed by atoms with Crippen LogP contribution in [0.25, 0.3) is 56.9 Å². The molecule has 6 aromatic carbocycles. The van der Waals surface area contributed by atoms with Crippen molar-refractivity contribution in [2.24, 2.45) is 0 Å². The number of benzene rings is 6. The summed E-state index contributed by atoms with van der Waals surface area (Å²) in [5.41, 5.74) is 10.8. The zero-order chi connectivity index (χ0) is 46.0. The van der Waals surface area contributed by atoms with E-state index in [2.05, 4.69) is 72.4 Å². The van der Waals surface area contributed by atoms with Gasteiger partial charge in [-0.15, -0.1) is 20.4 Å². The Hall–Kier alpha value is -6.80. The molecule has 8 heteroatoms. The Bertz CT molecular complexity index is 2650. The summed E-state index contributed by atoms with van der Waals surface area (Å²) >= 11 is 0. The lowest BCUT2D eigenvalue weighted by Crippen LogP contribution is -2.26. The lowest BCUT2D eigenvalue weighted by molar-refractivity contribution is 0.393. The first-order chi connectivity index (χ1) is 32.9. The van der Waals surface area contributed by atoms with E-state index in [0.29, 0.717) is 23.6 Å². The third-order valence-electron chi connectivity index (χ3n) is 13.4. The Morgan fingerprint density at radius 1 is 0.403 bits per heavy atom. The molecule has 0 radical (unpaired) electrons. The fourth-order valence-corrected chi connectivity index (χ4v) is 9.72. The summed E-state index contributed by atoms with van der Waals surface area (Å²) in [5.74, 6) is 5.22. The van der Waals surface area contributed by atoms with Crippen molar-refractivity contribution in [2.45, 2.75) is 123 Å². The number of ether oxygens (including phenoxy) is 2. The highest BCUT2D eigenvalue weighted by molar-refractivity contribution is 5.84. The van der Waals surface area contributed by atoms with Crippen molar-refractivity contribution < 1.29 is 18.3 Å². The number of fused-ring (bicyclic) bond motifs is 3. The average Bonchev–Trinajstić information content (AvgIpc) is 4.12. The number of unbranched alkanes of at least 4 members (excludes halogenated alkanes) is 10. The van der Waals surface area contributed by atoms with Crippen LogP contribution < -0.4 is 9.47 Å². The van der Waals surface area contributed by atoms with Crippen LogP contribution >= 0.6 is 0 Å². The van der Waals surface area contributed by atoms with Crippen molar-refractivity contribution in [2.75, 3.05) is 0 Å². The molecule has 0 atom stereocenters. The smallest absolute Gasteiger partial charge is 0.248 e. The number of nitrogens with zero attached hydrogens (tertiary/aromatic N) is 4. The van der Waals surface area contributed by atoms with Crippen LogP contribution in [0.1, 0.15) is 126 Å². The largest absolute Gasteiger partial charge is 0.457 e. The molecule has 8 aromatic rings. The molecular formula is C59H62N4O4. The molecule has 0 saturated heterocycles. The molecular weight excluding hydrogens is 829 g/mol. The lowest BCUT2D eigenvalue weighted by Gasteiger charge is -2.33. The predicted molar refractivity (Wildman–Crippen MR) is 269 cm³/mol. The highest BCUT2D eigenvalue weighted by Crippen LogP contribution is 2.57. The predicted octanol–water partition coefficient (Wildman–Crippen LogP) is 17.1. The number of aromatic nitrogens is 4. The van der Waals surface area contributed by atoms with Gasteiger partial charge < -0.3 is 18.3 Å². The minimum absolute atomic E-state index is 0.186. The highest BCUT2D eigenvalue weighted by Gasteiger charge is 2.43. The summed E-state index contributed by atoms with van der Waals surface area (Å²) in [6, 6.07) is 45.1. The maximum atomic E-state index is 6.82. The zero-order valence-electron chi connectivity index (χ0n) is 39.5.